The summed E-state index contributed by atoms with van der Waals surface area (Å²) in [4.78, 5) is 27.7. The number of ether oxygens (including phenoxy) is 1. The number of carbonyl (C=O) groups is 2. The highest BCUT2D eigenvalue weighted by Gasteiger charge is 2.39. The first-order valence-electron chi connectivity index (χ1n) is 6.30. The number of aliphatic carboxylic acids is 1. The summed E-state index contributed by atoms with van der Waals surface area (Å²) in [6.45, 7) is 0.131. The average Bonchev–Trinajstić information content (AvgIpc) is 3.02. The molecular weight excluding hydrogens is 325 g/mol. The first-order valence-corrected chi connectivity index (χ1v) is 7.18. The second kappa shape index (κ2) is 6.21. The van der Waals surface area contributed by atoms with Gasteiger partial charge in [-0.3, -0.25) is 9.59 Å². The molecule has 1 fully saturated rings. The van der Waals surface area contributed by atoms with Gasteiger partial charge in [-0.25, -0.2) is 4.98 Å². The van der Waals surface area contributed by atoms with Gasteiger partial charge in [-0.15, -0.1) is 11.3 Å². The van der Waals surface area contributed by atoms with Gasteiger partial charge in [0.2, 0.25) is 0 Å². The molecule has 10 heteroatoms. The number of amides is 1. The van der Waals surface area contributed by atoms with Crippen LogP contribution in [-0.4, -0.2) is 52.7 Å². The molecule has 2 atom stereocenters. The minimum absolute atomic E-state index is 0.131. The zero-order valence-electron chi connectivity index (χ0n) is 11.5. The van der Waals surface area contributed by atoms with Gasteiger partial charge in [-0.2, -0.15) is 13.2 Å². The van der Waals surface area contributed by atoms with Crippen molar-refractivity contribution >= 4 is 23.2 Å². The Bertz CT molecular complexity index is 575. The molecule has 2 unspecified atom stereocenters. The third-order valence-electron chi connectivity index (χ3n) is 3.35. The maximum atomic E-state index is 12.5. The minimum Gasteiger partial charge on any atom is -0.481 e. The summed E-state index contributed by atoms with van der Waals surface area (Å²) >= 11 is 0.334. The summed E-state index contributed by atoms with van der Waals surface area (Å²) in [6, 6.07) is -0.619. The smallest absolute Gasteiger partial charge is 0.443 e. The molecule has 0 saturated carbocycles. The van der Waals surface area contributed by atoms with Crippen molar-refractivity contribution in [2.75, 3.05) is 13.7 Å². The van der Waals surface area contributed by atoms with Crippen LogP contribution in [0.1, 0.15) is 28.3 Å². The number of aromatic nitrogens is 1. The molecule has 22 heavy (non-hydrogen) atoms. The molecule has 0 bridgehead atoms. The lowest BCUT2D eigenvalue weighted by molar-refractivity contribution is -0.138. The topological polar surface area (TPSA) is 79.7 Å². The van der Waals surface area contributed by atoms with Crippen molar-refractivity contribution in [1.29, 1.82) is 0 Å². The predicted octanol–water partition coefficient (Wildman–Crippen LogP) is 1.87. The zero-order chi connectivity index (χ0) is 16.5. The molecule has 1 saturated heterocycles. The Morgan fingerprint density at radius 3 is 2.73 bits per heavy atom. The lowest BCUT2D eigenvalue weighted by Gasteiger charge is -2.22. The van der Waals surface area contributed by atoms with Gasteiger partial charge < -0.3 is 14.7 Å². The van der Waals surface area contributed by atoms with Crippen molar-refractivity contribution in [3.8, 4) is 0 Å². The zero-order valence-corrected chi connectivity index (χ0v) is 12.3. The van der Waals surface area contributed by atoms with Crippen LogP contribution in [0.3, 0.4) is 0 Å². The molecule has 1 amide bonds. The Morgan fingerprint density at radius 1 is 1.55 bits per heavy atom. The van der Waals surface area contributed by atoms with Crippen LogP contribution in [0.5, 0.6) is 0 Å². The molecular formula is C12H13F3N2O4S. The Hall–Kier alpha value is -1.68. The molecule has 0 spiro atoms. The van der Waals surface area contributed by atoms with E-state index in [9.17, 15) is 22.8 Å². The van der Waals surface area contributed by atoms with Gasteiger partial charge in [-0.1, -0.05) is 0 Å². The second-order valence-electron chi connectivity index (χ2n) is 4.84. The van der Waals surface area contributed by atoms with Gasteiger partial charge in [-0.05, 0) is 6.42 Å². The number of carboxylic acids is 1. The number of nitrogens with zero attached hydrogens (tertiary/aromatic N) is 2. The Labute approximate surface area is 127 Å². The maximum absolute atomic E-state index is 12.5. The summed E-state index contributed by atoms with van der Waals surface area (Å²) in [5.74, 6) is -1.80. The first kappa shape index (κ1) is 16.7. The number of thiazole rings is 1. The number of carbonyl (C=O) groups excluding carboxylic acids is 1. The van der Waals surface area contributed by atoms with E-state index in [0.717, 1.165) is 5.38 Å². The molecule has 122 valence electrons. The third-order valence-corrected chi connectivity index (χ3v) is 4.23. The van der Waals surface area contributed by atoms with Crippen molar-refractivity contribution < 1.29 is 32.6 Å². The normalized spacial score (nSPS) is 22.1. The number of alkyl halides is 3. The van der Waals surface area contributed by atoms with Crippen LogP contribution in [0, 0.1) is 0 Å². The van der Waals surface area contributed by atoms with Crippen LogP contribution in [0.15, 0.2) is 5.38 Å². The van der Waals surface area contributed by atoms with E-state index in [1.54, 1.807) is 0 Å². The molecule has 1 aliphatic rings. The molecule has 1 N–H and O–H groups in total. The number of halogens is 3. The number of methoxy groups -OCH3 is 1. The lowest BCUT2D eigenvalue weighted by Crippen LogP contribution is -2.37. The van der Waals surface area contributed by atoms with E-state index in [1.165, 1.54) is 12.0 Å². The van der Waals surface area contributed by atoms with Crippen LogP contribution in [-0.2, 0) is 15.7 Å². The van der Waals surface area contributed by atoms with E-state index in [0.29, 0.717) is 17.8 Å². The van der Waals surface area contributed by atoms with Crippen molar-refractivity contribution in [3.63, 3.8) is 0 Å². The SMILES string of the molecule is COC1CC(CC(=O)O)N(C(=O)c2csc(C(F)(F)F)n2)C1. The Balaban J connectivity index is 2.19. The molecule has 0 aliphatic carbocycles. The van der Waals surface area contributed by atoms with Crippen molar-refractivity contribution in [3.05, 3.63) is 16.1 Å². The molecule has 2 heterocycles. The lowest BCUT2D eigenvalue weighted by atomic mass is 10.1. The van der Waals surface area contributed by atoms with Gasteiger partial charge in [0, 0.05) is 25.1 Å². The maximum Gasteiger partial charge on any atom is 0.443 e. The van der Waals surface area contributed by atoms with E-state index in [2.05, 4.69) is 4.98 Å². The monoisotopic (exact) mass is 338 g/mol. The molecule has 1 aromatic heterocycles. The third kappa shape index (κ3) is 3.55. The van der Waals surface area contributed by atoms with E-state index < -0.39 is 29.1 Å². The second-order valence-corrected chi connectivity index (χ2v) is 5.70. The van der Waals surface area contributed by atoms with Crippen LogP contribution < -0.4 is 0 Å². The van der Waals surface area contributed by atoms with E-state index >= 15 is 0 Å². The quantitative estimate of drug-likeness (QED) is 0.906. The van der Waals surface area contributed by atoms with E-state index in [-0.39, 0.29) is 24.8 Å². The highest BCUT2D eigenvalue weighted by atomic mass is 32.1. The van der Waals surface area contributed by atoms with Gasteiger partial charge >= 0.3 is 12.1 Å². The summed E-state index contributed by atoms with van der Waals surface area (Å²) in [6.07, 6.45) is -4.91. The number of hydrogen-bond acceptors (Lipinski definition) is 5. The molecule has 1 aliphatic heterocycles. The fourth-order valence-electron chi connectivity index (χ4n) is 2.34. The minimum atomic E-state index is -4.61. The number of carboxylic acid groups (broad SMARTS) is 1. The number of hydrogen-bond donors (Lipinski definition) is 1. The van der Waals surface area contributed by atoms with Gasteiger partial charge in [0.05, 0.1) is 12.5 Å². The van der Waals surface area contributed by atoms with Gasteiger partial charge in [0.25, 0.3) is 5.91 Å². The van der Waals surface area contributed by atoms with Crippen molar-refractivity contribution in [1.82, 2.24) is 9.88 Å². The van der Waals surface area contributed by atoms with Crippen LogP contribution in [0.4, 0.5) is 13.2 Å². The highest BCUT2D eigenvalue weighted by molar-refractivity contribution is 7.09. The highest BCUT2D eigenvalue weighted by Crippen LogP contribution is 2.32. The fraction of sp³-hybridized carbons (Fsp3) is 0.583. The van der Waals surface area contributed by atoms with Crippen molar-refractivity contribution in [2.24, 2.45) is 0 Å². The Kier molecular flexibility index (Phi) is 4.71. The summed E-state index contributed by atoms with van der Waals surface area (Å²) in [5, 5.41) is 8.80. The molecule has 0 radical (unpaired) electrons. The Morgan fingerprint density at radius 2 is 2.23 bits per heavy atom. The van der Waals surface area contributed by atoms with E-state index in [4.69, 9.17) is 9.84 Å². The predicted molar refractivity (Wildman–Crippen MR) is 69.6 cm³/mol. The number of likely N-dealkylation sites (tertiary alicyclic amines) is 1. The fourth-order valence-corrected chi connectivity index (χ4v) is 3.00. The van der Waals surface area contributed by atoms with Crippen LogP contribution in [0.25, 0.3) is 0 Å². The number of rotatable bonds is 4. The summed E-state index contributed by atoms with van der Waals surface area (Å²) < 4.78 is 42.7. The summed E-state index contributed by atoms with van der Waals surface area (Å²) in [5.41, 5.74) is -0.329. The van der Waals surface area contributed by atoms with Gasteiger partial charge in [0.15, 0.2) is 5.01 Å². The summed E-state index contributed by atoms with van der Waals surface area (Å²) in [7, 11) is 1.43. The average molecular weight is 338 g/mol. The van der Waals surface area contributed by atoms with Crippen molar-refractivity contribution in [2.45, 2.75) is 31.2 Å². The molecule has 0 aromatic carbocycles. The van der Waals surface area contributed by atoms with Crippen LogP contribution in [0.2, 0.25) is 0 Å². The molecule has 1 aromatic rings. The van der Waals surface area contributed by atoms with Crippen LogP contribution >= 0.6 is 11.3 Å². The molecule has 6 nitrogen and oxygen atoms in total. The largest absolute Gasteiger partial charge is 0.481 e. The first-order chi connectivity index (χ1) is 10.2. The standard InChI is InChI=1S/C12H13F3N2O4S/c1-21-7-2-6(3-9(18)19)17(4-7)10(20)8-5-22-11(16-8)12(13,14)15/h5-7H,2-4H2,1H3,(H,18,19). The van der Waals surface area contributed by atoms with E-state index in [1.807, 2.05) is 0 Å². The van der Waals surface area contributed by atoms with Gasteiger partial charge in [0.1, 0.15) is 5.69 Å². The molecule has 2 rings (SSSR count).